The summed E-state index contributed by atoms with van der Waals surface area (Å²) in [6.45, 7) is 4.56. The van der Waals surface area contributed by atoms with Crippen LogP contribution in [0.2, 0.25) is 0 Å². The molecule has 5 heteroatoms. The van der Waals surface area contributed by atoms with Gasteiger partial charge in [0.2, 0.25) is 0 Å². The molecule has 0 amide bonds. The van der Waals surface area contributed by atoms with Crippen molar-refractivity contribution >= 4 is 5.97 Å². The second kappa shape index (κ2) is 6.35. The summed E-state index contributed by atoms with van der Waals surface area (Å²) in [5, 5.41) is 12.3. The van der Waals surface area contributed by atoms with E-state index in [1.54, 1.807) is 0 Å². The molecule has 0 fully saturated rings. The minimum Gasteiger partial charge on any atom is -0.508 e. The summed E-state index contributed by atoms with van der Waals surface area (Å²) in [7, 11) is 1.27. The molecule has 1 rings (SSSR count). The number of hydrogen-bond donors (Lipinski definition) is 2. The maximum Gasteiger partial charge on any atom is 0.327 e. The molecule has 1 aromatic rings. The number of halogens is 1. The summed E-state index contributed by atoms with van der Waals surface area (Å²) in [5.74, 6) is -0.990. The van der Waals surface area contributed by atoms with Crippen molar-refractivity contribution in [2.45, 2.75) is 19.9 Å². The third-order valence-corrected chi connectivity index (χ3v) is 2.41. The van der Waals surface area contributed by atoms with Gasteiger partial charge in [0, 0.05) is 6.07 Å². The topological polar surface area (TPSA) is 58.6 Å². The van der Waals surface area contributed by atoms with E-state index in [2.05, 4.69) is 10.1 Å². The Hall–Kier alpha value is -1.62. The van der Waals surface area contributed by atoms with Crippen molar-refractivity contribution in [2.24, 2.45) is 5.92 Å². The van der Waals surface area contributed by atoms with Gasteiger partial charge in [0.15, 0.2) is 0 Å². The highest BCUT2D eigenvalue weighted by Crippen LogP contribution is 2.21. The van der Waals surface area contributed by atoms with Crippen LogP contribution in [0.1, 0.15) is 25.5 Å². The summed E-state index contributed by atoms with van der Waals surface area (Å²) in [6.07, 6.45) is 0. The number of aromatic hydroxyl groups is 1. The van der Waals surface area contributed by atoms with E-state index in [-0.39, 0.29) is 5.75 Å². The van der Waals surface area contributed by atoms with Crippen LogP contribution in [0, 0.1) is 11.7 Å². The number of rotatable bonds is 5. The van der Waals surface area contributed by atoms with E-state index in [1.165, 1.54) is 19.2 Å². The van der Waals surface area contributed by atoms with Gasteiger partial charge in [-0.05, 0) is 30.2 Å². The fourth-order valence-corrected chi connectivity index (χ4v) is 1.57. The molecule has 0 aliphatic carbocycles. The van der Waals surface area contributed by atoms with Gasteiger partial charge in [0.25, 0.3) is 0 Å². The molecule has 0 aliphatic rings. The molecule has 0 aliphatic heterocycles. The summed E-state index contributed by atoms with van der Waals surface area (Å²) in [5.41, 5.74) is 0.347. The maximum absolute atomic E-state index is 13.2. The van der Waals surface area contributed by atoms with Crippen LogP contribution in [0.4, 0.5) is 4.39 Å². The van der Waals surface area contributed by atoms with Gasteiger partial charge in [-0.15, -0.1) is 0 Å². The van der Waals surface area contributed by atoms with Crippen LogP contribution in [-0.4, -0.2) is 24.7 Å². The highest BCUT2D eigenvalue weighted by atomic mass is 19.1. The van der Waals surface area contributed by atoms with Gasteiger partial charge < -0.3 is 15.2 Å². The zero-order valence-corrected chi connectivity index (χ0v) is 10.7. The first-order valence-electron chi connectivity index (χ1n) is 5.74. The number of phenolic OH excluding ortho intramolecular Hbond substituents is 1. The number of ether oxygens (including phenoxy) is 1. The van der Waals surface area contributed by atoms with E-state index < -0.39 is 17.8 Å². The molecule has 0 spiro atoms. The molecule has 18 heavy (non-hydrogen) atoms. The first kappa shape index (κ1) is 14.4. The fraction of sp³-hybridized carbons (Fsp3) is 0.462. The van der Waals surface area contributed by atoms with E-state index in [1.807, 2.05) is 13.8 Å². The number of esters is 1. The van der Waals surface area contributed by atoms with Crippen molar-refractivity contribution in [2.75, 3.05) is 13.7 Å². The van der Waals surface area contributed by atoms with Crippen molar-refractivity contribution in [1.29, 1.82) is 0 Å². The Labute approximate surface area is 106 Å². The molecule has 4 nitrogen and oxygen atoms in total. The quantitative estimate of drug-likeness (QED) is 0.790. The van der Waals surface area contributed by atoms with Gasteiger partial charge >= 0.3 is 5.97 Å². The number of hydrogen-bond acceptors (Lipinski definition) is 4. The molecule has 0 saturated carbocycles. The predicted molar refractivity (Wildman–Crippen MR) is 65.7 cm³/mol. The van der Waals surface area contributed by atoms with E-state index in [9.17, 15) is 14.3 Å². The molecule has 0 heterocycles. The van der Waals surface area contributed by atoms with Crippen molar-refractivity contribution in [1.82, 2.24) is 5.32 Å². The van der Waals surface area contributed by atoms with Crippen LogP contribution in [0.5, 0.6) is 5.75 Å². The highest BCUT2D eigenvalue weighted by molar-refractivity contribution is 5.77. The molecule has 0 radical (unpaired) electrons. The van der Waals surface area contributed by atoms with Crippen LogP contribution in [0.15, 0.2) is 18.2 Å². The van der Waals surface area contributed by atoms with Gasteiger partial charge in [0.1, 0.15) is 17.6 Å². The molecule has 1 unspecified atom stereocenters. The molecule has 100 valence electrons. The lowest BCUT2D eigenvalue weighted by molar-refractivity contribution is -0.143. The maximum atomic E-state index is 13.2. The number of nitrogens with one attached hydrogen (secondary N) is 1. The molecular weight excluding hydrogens is 237 g/mol. The van der Waals surface area contributed by atoms with E-state index >= 15 is 0 Å². The van der Waals surface area contributed by atoms with E-state index in [4.69, 9.17) is 0 Å². The van der Waals surface area contributed by atoms with Crippen molar-refractivity contribution < 1.29 is 19.0 Å². The number of methoxy groups -OCH3 is 1. The zero-order chi connectivity index (χ0) is 13.7. The molecular formula is C13H18FNO3. The van der Waals surface area contributed by atoms with Crippen molar-refractivity contribution in [3.8, 4) is 5.75 Å². The Balaban J connectivity index is 2.97. The lowest BCUT2D eigenvalue weighted by atomic mass is 10.1. The first-order valence-corrected chi connectivity index (χ1v) is 5.74. The van der Waals surface area contributed by atoms with Crippen molar-refractivity contribution in [3.05, 3.63) is 29.6 Å². The molecule has 1 atom stereocenters. The number of carbonyl (C=O) groups excluding carboxylic acids is 1. The highest BCUT2D eigenvalue weighted by Gasteiger charge is 2.22. The largest absolute Gasteiger partial charge is 0.508 e. The lowest BCUT2D eigenvalue weighted by Crippen LogP contribution is -2.32. The Kier molecular flexibility index (Phi) is 5.09. The zero-order valence-electron chi connectivity index (χ0n) is 10.7. The summed E-state index contributed by atoms with van der Waals surface area (Å²) < 4.78 is 17.9. The second-order valence-corrected chi connectivity index (χ2v) is 4.50. The molecule has 1 aromatic carbocycles. The minimum atomic E-state index is -0.779. The smallest absolute Gasteiger partial charge is 0.327 e. The first-order chi connectivity index (χ1) is 8.43. The van der Waals surface area contributed by atoms with Crippen LogP contribution < -0.4 is 5.32 Å². The SMILES string of the molecule is COC(=O)C(NCC(C)C)c1cc(O)cc(F)c1. The third kappa shape index (κ3) is 4.00. The summed E-state index contributed by atoms with van der Waals surface area (Å²) in [6, 6.07) is 2.76. The van der Waals surface area contributed by atoms with Crippen LogP contribution in [0.3, 0.4) is 0 Å². The standard InChI is InChI=1S/C13H18FNO3/c1-8(2)7-15-12(13(17)18-3)9-4-10(14)6-11(16)5-9/h4-6,8,12,15-16H,7H2,1-3H3. The van der Waals surface area contributed by atoms with Crippen LogP contribution in [-0.2, 0) is 9.53 Å². The fourth-order valence-electron chi connectivity index (χ4n) is 1.57. The Bertz CT molecular complexity index is 400. The summed E-state index contributed by atoms with van der Waals surface area (Å²) in [4.78, 5) is 11.7. The molecule has 0 bridgehead atoms. The predicted octanol–water partition coefficient (Wildman–Crippen LogP) is 1.99. The Morgan fingerprint density at radius 2 is 2.11 bits per heavy atom. The monoisotopic (exact) mass is 255 g/mol. The van der Waals surface area contributed by atoms with Gasteiger partial charge in [-0.3, -0.25) is 0 Å². The molecule has 0 saturated heterocycles. The van der Waals surface area contributed by atoms with E-state index in [0.717, 1.165) is 6.07 Å². The van der Waals surface area contributed by atoms with Gasteiger partial charge in [0.05, 0.1) is 7.11 Å². The molecule has 2 N–H and O–H groups in total. The Morgan fingerprint density at radius 1 is 1.44 bits per heavy atom. The average molecular weight is 255 g/mol. The minimum absolute atomic E-state index is 0.217. The van der Waals surface area contributed by atoms with Crippen LogP contribution >= 0.6 is 0 Å². The molecule has 0 aromatic heterocycles. The Morgan fingerprint density at radius 3 is 2.61 bits per heavy atom. The van der Waals surface area contributed by atoms with Gasteiger partial charge in [-0.25, -0.2) is 9.18 Å². The average Bonchev–Trinajstić information content (AvgIpc) is 2.27. The lowest BCUT2D eigenvalue weighted by Gasteiger charge is -2.18. The number of phenols is 1. The van der Waals surface area contributed by atoms with Crippen LogP contribution in [0.25, 0.3) is 0 Å². The van der Waals surface area contributed by atoms with Crippen molar-refractivity contribution in [3.63, 3.8) is 0 Å². The normalized spacial score (nSPS) is 12.5. The van der Waals surface area contributed by atoms with E-state index in [0.29, 0.717) is 18.0 Å². The van der Waals surface area contributed by atoms with Gasteiger partial charge in [-0.1, -0.05) is 13.8 Å². The number of benzene rings is 1. The second-order valence-electron chi connectivity index (χ2n) is 4.50. The summed E-state index contributed by atoms with van der Waals surface area (Å²) >= 11 is 0. The number of carbonyl (C=O) groups is 1. The third-order valence-electron chi connectivity index (χ3n) is 2.41. The van der Waals surface area contributed by atoms with Gasteiger partial charge in [-0.2, -0.15) is 0 Å².